The molecule has 0 saturated heterocycles. The zero-order chi connectivity index (χ0) is 17.9. The van der Waals surface area contributed by atoms with Gasteiger partial charge in [-0.15, -0.1) is 0 Å². The average molecular weight is 347 g/mol. The molecule has 132 valence electrons. The Bertz CT molecular complexity index is 933. The number of nitrogen functional groups attached to an aromatic ring is 1. The molecule has 3 heterocycles. The highest BCUT2D eigenvalue weighted by atomic mass is 16.5. The monoisotopic (exact) mass is 347 g/mol. The van der Waals surface area contributed by atoms with E-state index in [1.807, 2.05) is 18.2 Å². The Hall–Kier alpha value is -3.15. The van der Waals surface area contributed by atoms with Gasteiger partial charge in [-0.2, -0.15) is 0 Å². The zero-order valence-corrected chi connectivity index (χ0v) is 14.6. The van der Waals surface area contributed by atoms with E-state index in [9.17, 15) is 0 Å². The number of nitrogens with two attached hydrogens (primary N) is 1. The van der Waals surface area contributed by atoms with Crippen molar-refractivity contribution in [2.24, 2.45) is 0 Å². The number of pyridine rings is 2. The number of allylic oxidation sites excluding steroid dienone is 2. The van der Waals surface area contributed by atoms with Gasteiger partial charge in [0.2, 0.25) is 0 Å². The second kappa shape index (κ2) is 7.00. The molecule has 0 spiro atoms. The summed E-state index contributed by atoms with van der Waals surface area (Å²) < 4.78 is 5.33. The van der Waals surface area contributed by atoms with Crippen molar-refractivity contribution in [2.75, 3.05) is 12.8 Å². The van der Waals surface area contributed by atoms with Gasteiger partial charge in [0.05, 0.1) is 18.5 Å². The number of hydrogen-bond acceptors (Lipinski definition) is 5. The van der Waals surface area contributed by atoms with E-state index in [1.54, 1.807) is 25.7 Å². The fraction of sp³-hybridized carbons (Fsp3) is 0.250. The molecule has 3 aromatic rings. The predicted octanol–water partition coefficient (Wildman–Crippen LogP) is 3.95. The molecule has 26 heavy (non-hydrogen) atoms. The van der Waals surface area contributed by atoms with Crippen LogP contribution >= 0.6 is 0 Å². The van der Waals surface area contributed by atoms with Gasteiger partial charge in [0.25, 0.3) is 0 Å². The minimum Gasteiger partial charge on any atom is -0.493 e. The smallest absolute Gasteiger partial charge is 0.166 e. The molecular weight excluding hydrogens is 326 g/mol. The highest BCUT2D eigenvalue weighted by Crippen LogP contribution is 2.36. The van der Waals surface area contributed by atoms with E-state index in [4.69, 9.17) is 15.5 Å². The summed E-state index contributed by atoms with van der Waals surface area (Å²) >= 11 is 0. The van der Waals surface area contributed by atoms with Crippen LogP contribution in [0, 0.1) is 0 Å². The maximum Gasteiger partial charge on any atom is 0.166 e. The molecule has 1 unspecified atom stereocenters. The molecule has 0 radical (unpaired) electrons. The second-order valence-electron chi connectivity index (χ2n) is 6.36. The highest BCUT2D eigenvalue weighted by Gasteiger charge is 2.20. The first-order chi connectivity index (χ1) is 12.8. The molecule has 4 rings (SSSR count). The molecule has 0 bridgehead atoms. The molecule has 0 aromatic carbocycles. The SMILES string of the molecule is COc1cc(-c2nc(C3C=CCCC3)[nH]c2-c2ccncc2)cnc1N. The Morgan fingerprint density at radius 1 is 1.23 bits per heavy atom. The maximum atomic E-state index is 5.87. The molecule has 1 aliphatic rings. The Labute approximate surface area is 152 Å². The third-order valence-electron chi connectivity index (χ3n) is 4.67. The van der Waals surface area contributed by atoms with Crippen LogP contribution in [-0.2, 0) is 0 Å². The van der Waals surface area contributed by atoms with Gasteiger partial charge >= 0.3 is 0 Å². The number of H-pyrrole nitrogens is 1. The van der Waals surface area contributed by atoms with Crippen LogP contribution in [0.1, 0.15) is 31.0 Å². The number of hydrogen-bond donors (Lipinski definition) is 2. The maximum absolute atomic E-state index is 5.87. The van der Waals surface area contributed by atoms with E-state index >= 15 is 0 Å². The molecule has 0 fully saturated rings. The zero-order valence-electron chi connectivity index (χ0n) is 14.6. The van der Waals surface area contributed by atoms with Crippen LogP contribution in [0.4, 0.5) is 5.82 Å². The number of aromatic nitrogens is 4. The summed E-state index contributed by atoms with van der Waals surface area (Å²) in [6.45, 7) is 0. The average Bonchev–Trinajstić information content (AvgIpc) is 3.15. The lowest BCUT2D eigenvalue weighted by Gasteiger charge is -2.13. The predicted molar refractivity (Wildman–Crippen MR) is 102 cm³/mol. The third-order valence-corrected chi connectivity index (χ3v) is 4.67. The van der Waals surface area contributed by atoms with Gasteiger partial charge in [0, 0.05) is 35.6 Å². The molecule has 6 heteroatoms. The molecule has 3 aromatic heterocycles. The van der Waals surface area contributed by atoms with E-state index in [-0.39, 0.29) is 0 Å². The topological polar surface area (TPSA) is 89.7 Å². The number of anilines is 1. The van der Waals surface area contributed by atoms with Crippen molar-refractivity contribution in [3.63, 3.8) is 0 Å². The number of ether oxygens (including phenoxy) is 1. The Kier molecular flexibility index (Phi) is 4.39. The van der Waals surface area contributed by atoms with E-state index in [2.05, 4.69) is 27.1 Å². The number of nitrogens with one attached hydrogen (secondary N) is 1. The van der Waals surface area contributed by atoms with Gasteiger partial charge in [-0.3, -0.25) is 4.98 Å². The van der Waals surface area contributed by atoms with Gasteiger partial charge in [-0.05, 0) is 37.5 Å². The second-order valence-corrected chi connectivity index (χ2v) is 6.36. The van der Waals surface area contributed by atoms with Crippen molar-refractivity contribution in [2.45, 2.75) is 25.2 Å². The summed E-state index contributed by atoms with van der Waals surface area (Å²) in [5.41, 5.74) is 9.56. The van der Waals surface area contributed by atoms with E-state index in [0.29, 0.717) is 17.5 Å². The van der Waals surface area contributed by atoms with Crippen molar-refractivity contribution < 1.29 is 4.74 Å². The Balaban J connectivity index is 1.85. The van der Waals surface area contributed by atoms with Crippen LogP contribution in [0.2, 0.25) is 0 Å². The summed E-state index contributed by atoms with van der Waals surface area (Å²) in [6.07, 6.45) is 13.2. The number of imidazole rings is 1. The Morgan fingerprint density at radius 2 is 2.08 bits per heavy atom. The molecule has 1 atom stereocenters. The van der Waals surface area contributed by atoms with Crippen LogP contribution in [0.3, 0.4) is 0 Å². The minimum absolute atomic E-state index is 0.307. The standard InChI is InChI=1S/C20H21N5O/c1-26-16-11-15(12-23-19(16)21)18-17(13-7-9-22-10-8-13)24-20(25-18)14-5-3-2-4-6-14/h3,5,7-12,14H,2,4,6H2,1H3,(H2,21,23)(H,24,25). The van der Waals surface area contributed by atoms with Crippen LogP contribution in [0.5, 0.6) is 5.75 Å². The summed E-state index contributed by atoms with van der Waals surface area (Å²) in [6, 6.07) is 5.82. The van der Waals surface area contributed by atoms with Crippen molar-refractivity contribution in [3.8, 4) is 28.3 Å². The van der Waals surface area contributed by atoms with Crippen molar-refractivity contribution in [3.05, 3.63) is 54.8 Å². The lowest BCUT2D eigenvalue weighted by molar-refractivity contribution is 0.415. The number of rotatable bonds is 4. The first kappa shape index (κ1) is 16.3. The molecular formula is C20H21N5O. The van der Waals surface area contributed by atoms with E-state index < -0.39 is 0 Å². The van der Waals surface area contributed by atoms with Crippen LogP contribution in [0.25, 0.3) is 22.5 Å². The van der Waals surface area contributed by atoms with E-state index in [1.165, 1.54) is 6.42 Å². The molecule has 1 aliphatic carbocycles. The number of nitrogens with zero attached hydrogens (tertiary/aromatic N) is 3. The summed E-state index contributed by atoms with van der Waals surface area (Å²) in [5.74, 6) is 2.19. The first-order valence-electron chi connectivity index (χ1n) is 8.73. The van der Waals surface area contributed by atoms with Crippen molar-refractivity contribution >= 4 is 5.82 Å². The van der Waals surface area contributed by atoms with Crippen molar-refractivity contribution in [1.82, 2.24) is 19.9 Å². The molecule has 0 amide bonds. The van der Waals surface area contributed by atoms with Crippen LogP contribution < -0.4 is 10.5 Å². The fourth-order valence-corrected chi connectivity index (χ4v) is 3.29. The molecule has 6 nitrogen and oxygen atoms in total. The van der Waals surface area contributed by atoms with Gasteiger partial charge in [-0.1, -0.05) is 12.2 Å². The van der Waals surface area contributed by atoms with Crippen LogP contribution in [0.15, 0.2) is 48.9 Å². The largest absolute Gasteiger partial charge is 0.493 e. The molecule has 3 N–H and O–H groups in total. The molecule has 0 saturated carbocycles. The third kappa shape index (κ3) is 3.06. The summed E-state index contributed by atoms with van der Waals surface area (Å²) in [5, 5.41) is 0. The normalized spacial score (nSPS) is 16.6. The summed E-state index contributed by atoms with van der Waals surface area (Å²) in [7, 11) is 1.59. The summed E-state index contributed by atoms with van der Waals surface area (Å²) in [4.78, 5) is 16.8. The highest BCUT2D eigenvalue weighted by molar-refractivity contribution is 5.79. The quantitative estimate of drug-likeness (QED) is 0.698. The fourth-order valence-electron chi connectivity index (χ4n) is 3.29. The van der Waals surface area contributed by atoms with Crippen LogP contribution in [-0.4, -0.2) is 27.0 Å². The van der Waals surface area contributed by atoms with Crippen molar-refractivity contribution in [1.29, 1.82) is 0 Å². The van der Waals surface area contributed by atoms with Gasteiger partial charge in [0.1, 0.15) is 5.82 Å². The Morgan fingerprint density at radius 3 is 2.81 bits per heavy atom. The van der Waals surface area contributed by atoms with Gasteiger partial charge in [0.15, 0.2) is 11.6 Å². The molecule has 0 aliphatic heterocycles. The number of aromatic amines is 1. The van der Waals surface area contributed by atoms with Gasteiger partial charge < -0.3 is 15.5 Å². The first-order valence-corrected chi connectivity index (χ1v) is 8.73. The van der Waals surface area contributed by atoms with E-state index in [0.717, 1.165) is 41.2 Å². The van der Waals surface area contributed by atoms with Gasteiger partial charge in [-0.25, -0.2) is 9.97 Å². The number of methoxy groups -OCH3 is 1. The lowest BCUT2D eigenvalue weighted by Crippen LogP contribution is -2.01. The lowest BCUT2D eigenvalue weighted by atomic mass is 9.95. The minimum atomic E-state index is 0.307.